The van der Waals surface area contributed by atoms with Crippen molar-refractivity contribution in [2.24, 2.45) is 0 Å². The van der Waals surface area contributed by atoms with E-state index in [2.05, 4.69) is 29.1 Å². The molecule has 0 bridgehead atoms. The molecule has 5 heavy (non-hydrogen) atoms. The third kappa shape index (κ3) is 4.74. The van der Waals surface area contributed by atoms with E-state index in [1.807, 2.05) is 0 Å². The summed E-state index contributed by atoms with van der Waals surface area (Å²) in [4.78, 5) is 1.32. The number of hydrogen-bond donors (Lipinski definition) is 0. The van der Waals surface area contributed by atoms with Crippen LogP contribution in [0.2, 0.25) is 18.0 Å². The average molecular weight is 152 g/mol. The van der Waals surface area contributed by atoms with E-state index < -0.39 is 0 Å². The number of rotatable bonds is 1. The van der Waals surface area contributed by atoms with E-state index in [1.54, 1.807) is 0 Å². The molecule has 0 N–H and O–H groups in total. The van der Waals surface area contributed by atoms with Crippen LogP contribution in [0.5, 0.6) is 0 Å². The maximum absolute atomic E-state index is 3.00. The average Bonchev–Trinajstić information content (AvgIpc) is 1.38. The van der Waals surface area contributed by atoms with Crippen LogP contribution in [0.1, 0.15) is 0 Å². The molecule has 0 heterocycles. The molecule has 31 valence electrons. The fraction of sp³-hybridized carbons (Fsp3) is 1.00. The summed E-state index contributed by atoms with van der Waals surface area (Å²) in [6, 6.07) is 0. The summed E-state index contributed by atoms with van der Waals surface area (Å²) in [5.41, 5.74) is 0. The van der Waals surface area contributed by atoms with Crippen molar-refractivity contribution in [1.82, 2.24) is 0 Å². The van der Waals surface area contributed by atoms with Gasteiger partial charge in [0.1, 0.15) is 0 Å². The Hall–Kier alpha value is 0.736. The van der Waals surface area contributed by atoms with Crippen LogP contribution in [0.25, 0.3) is 0 Å². The fourth-order valence-corrected chi connectivity index (χ4v) is 0. The van der Waals surface area contributed by atoms with Gasteiger partial charge in [-0.25, -0.2) is 0 Å². The summed E-state index contributed by atoms with van der Waals surface area (Å²) in [6.07, 6.45) is 0. The van der Waals surface area contributed by atoms with E-state index in [1.165, 1.54) is 4.94 Å². The summed E-state index contributed by atoms with van der Waals surface area (Å²) in [5, 5.41) is 0. The van der Waals surface area contributed by atoms with E-state index in [4.69, 9.17) is 0 Å². The zero-order valence-corrected chi connectivity index (χ0v) is 6.56. The Morgan fingerprint density at radius 2 is 1.80 bits per heavy atom. The zero-order valence-electron chi connectivity index (χ0n) is 3.69. The van der Waals surface area contributed by atoms with E-state index in [0.29, 0.717) is 0 Å². The normalized spacial score (nSPS) is 9.60. The van der Waals surface area contributed by atoms with Crippen LogP contribution < -0.4 is 0 Å². The Balaban J connectivity index is 2.54. The zero-order chi connectivity index (χ0) is 4.28. The predicted octanol–water partition coefficient (Wildman–Crippen LogP) is 0.599. The molecular formula is C3H9SeSi. The summed E-state index contributed by atoms with van der Waals surface area (Å²) in [6.45, 7) is 4.66. The summed E-state index contributed by atoms with van der Waals surface area (Å²) >= 11 is 3.00. The molecule has 0 amide bonds. The van der Waals surface area contributed by atoms with Gasteiger partial charge in [0.05, 0.1) is 0 Å². The first-order valence-corrected chi connectivity index (χ1v) is 6.19. The van der Waals surface area contributed by atoms with Crippen molar-refractivity contribution in [1.29, 1.82) is 0 Å². The van der Waals surface area contributed by atoms with Crippen molar-refractivity contribution in [3.8, 4) is 0 Å². The van der Waals surface area contributed by atoms with Crippen molar-refractivity contribution in [3.63, 3.8) is 0 Å². The third-order valence-electron chi connectivity index (χ3n) is 0.333. The van der Waals surface area contributed by atoms with Gasteiger partial charge in [0.15, 0.2) is 0 Å². The van der Waals surface area contributed by atoms with Crippen LogP contribution in [-0.2, 0) is 0 Å². The fourth-order valence-electron chi connectivity index (χ4n) is 0. The van der Waals surface area contributed by atoms with Gasteiger partial charge in [-0.1, -0.05) is 0 Å². The SMILES string of the molecule is C[SiH](C)C[Se]. The van der Waals surface area contributed by atoms with E-state index in [0.717, 1.165) is 0 Å². The second kappa shape index (κ2) is 2.95. The molecule has 1 radical (unpaired) electrons. The standard InChI is InChI=1S/C3H9SeSi/c1-5(2)3-4/h5H,3H2,1-2H3. The minimum absolute atomic E-state index is 0.205. The molecule has 0 atom stereocenters. The van der Waals surface area contributed by atoms with Crippen LogP contribution in [0.3, 0.4) is 0 Å². The van der Waals surface area contributed by atoms with Gasteiger partial charge in [-0.2, -0.15) is 0 Å². The van der Waals surface area contributed by atoms with Gasteiger partial charge in [-0.15, -0.1) is 0 Å². The molecule has 0 aromatic carbocycles. The molecule has 0 aliphatic carbocycles. The summed E-state index contributed by atoms with van der Waals surface area (Å²) in [5.74, 6) is 0. The van der Waals surface area contributed by atoms with Crippen LogP contribution in [0, 0.1) is 0 Å². The quantitative estimate of drug-likeness (QED) is 0.483. The van der Waals surface area contributed by atoms with Crippen molar-refractivity contribution >= 4 is 24.8 Å². The molecule has 0 saturated heterocycles. The first kappa shape index (κ1) is 5.74. The van der Waals surface area contributed by atoms with Gasteiger partial charge in [0.25, 0.3) is 0 Å². The van der Waals surface area contributed by atoms with Gasteiger partial charge in [-0.05, 0) is 0 Å². The Labute approximate surface area is 43.4 Å². The third-order valence-corrected chi connectivity index (χ3v) is 5.20. The summed E-state index contributed by atoms with van der Waals surface area (Å²) in [7, 11) is -0.205. The Morgan fingerprint density at radius 3 is 1.80 bits per heavy atom. The van der Waals surface area contributed by atoms with Crippen molar-refractivity contribution in [2.75, 3.05) is 0 Å². The molecule has 0 spiro atoms. The van der Waals surface area contributed by atoms with E-state index in [-0.39, 0.29) is 8.80 Å². The molecule has 2 heteroatoms. The Bertz CT molecular complexity index is 20.9. The molecule has 0 rings (SSSR count). The van der Waals surface area contributed by atoms with Crippen LogP contribution in [0.4, 0.5) is 0 Å². The number of hydrogen-bond acceptors (Lipinski definition) is 0. The van der Waals surface area contributed by atoms with Crippen molar-refractivity contribution < 1.29 is 0 Å². The van der Waals surface area contributed by atoms with Crippen molar-refractivity contribution in [2.45, 2.75) is 18.0 Å². The van der Waals surface area contributed by atoms with E-state index >= 15 is 0 Å². The molecule has 0 fully saturated rings. The molecular weight excluding hydrogens is 143 g/mol. The topological polar surface area (TPSA) is 0 Å². The van der Waals surface area contributed by atoms with Crippen LogP contribution in [0.15, 0.2) is 0 Å². The summed E-state index contributed by atoms with van der Waals surface area (Å²) < 4.78 is 0. The molecule has 0 saturated carbocycles. The van der Waals surface area contributed by atoms with E-state index in [9.17, 15) is 0 Å². The van der Waals surface area contributed by atoms with Crippen LogP contribution >= 0.6 is 0 Å². The Morgan fingerprint density at radius 1 is 1.60 bits per heavy atom. The molecule has 0 unspecified atom stereocenters. The van der Waals surface area contributed by atoms with Gasteiger partial charge in [0.2, 0.25) is 0 Å². The maximum atomic E-state index is 3.00. The molecule has 0 aliphatic heterocycles. The monoisotopic (exact) mass is 153 g/mol. The molecule has 0 aromatic heterocycles. The van der Waals surface area contributed by atoms with Crippen molar-refractivity contribution in [3.05, 3.63) is 0 Å². The minimum atomic E-state index is -0.205. The second-order valence-electron chi connectivity index (χ2n) is 1.56. The Kier molecular flexibility index (Phi) is 3.38. The molecule has 0 nitrogen and oxygen atoms in total. The van der Waals surface area contributed by atoms with Gasteiger partial charge in [0, 0.05) is 0 Å². The molecule has 0 aliphatic rings. The molecule has 0 aromatic rings. The second-order valence-corrected chi connectivity index (χ2v) is 6.78. The first-order valence-electron chi connectivity index (χ1n) is 1.85. The predicted molar refractivity (Wildman–Crippen MR) is 29.4 cm³/mol. The van der Waals surface area contributed by atoms with Gasteiger partial charge >= 0.3 is 42.8 Å². The first-order chi connectivity index (χ1) is 2.27. The van der Waals surface area contributed by atoms with Crippen LogP contribution in [-0.4, -0.2) is 24.8 Å². The van der Waals surface area contributed by atoms with Gasteiger partial charge in [-0.3, -0.25) is 0 Å². The van der Waals surface area contributed by atoms with Gasteiger partial charge < -0.3 is 0 Å².